The Morgan fingerprint density at radius 2 is 1.94 bits per heavy atom. The molecule has 9 nitrogen and oxygen atoms in total. The predicted molar refractivity (Wildman–Crippen MR) is 130 cm³/mol. The fourth-order valence-corrected chi connectivity index (χ4v) is 5.27. The van der Waals surface area contributed by atoms with Crippen molar-refractivity contribution in [1.29, 1.82) is 0 Å². The van der Waals surface area contributed by atoms with Crippen molar-refractivity contribution in [2.45, 2.75) is 10.1 Å². The number of rotatable bonds is 7. The molecule has 2 heterocycles. The first kappa shape index (κ1) is 21.9. The van der Waals surface area contributed by atoms with Gasteiger partial charge in [0.25, 0.3) is 11.6 Å². The molecule has 11 heteroatoms. The quantitative estimate of drug-likeness (QED) is 0.167. The van der Waals surface area contributed by atoms with Gasteiger partial charge in [-0.05, 0) is 35.9 Å². The molecule has 0 atom stereocenters. The minimum absolute atomic E-state index is 0.00107. The molecule has 1 N–H and O–H groups in total. The highest BCUT2D eigenvalue weighted by Gasteiger charge is 2.22. The summed E-state index contributed by atoms with van der Waals surface area (Å²) in [5.74, 6) is 0.991. The van der Waals surface area contributed by atoms with Gasteiger partial charge in [0.05, 0.1) is 33.0 Å². The molecular formula is C23H16N4O5S2. The lowest BCUT2D eigenvalue weighted by molar-refractivity contribution is -0.385. The maximum absolute atomic E-state index is 12.4. The molecule has 1 aliphatic rings. The van der Waals surface area contributed by atoms with Crippen molar-refractivity contribution < 1.29 is 19.2 Å². The maximum Gasteiger partial charge on any atom is 0.282 e. The van der Waals surface area contributed by atoms with Crippen LogP contribution in [0, 0.1) is 10.1 Å². The van der Waals surface area contributed by atoms with Crippen LogP contribution < -0.4 is 14.9 Å². The number of amides is 1. The monoisotopic (exact) mass is 492 g/mol. The number of thioether (sulfide) groups is 1. The summed E-state index contributed by atoms with van der Waals surface area (Å²) >= 11 is 3.30. The van der Waals surface area contributed by atoms with Gasteiger partial charge in [-0.25, -0.2) is 10.4 Å². The van der Waals surface area contributed by atoms with Crippen molar-refractivity contribution in [2.75, 3.05) is 6.79 Å². The third-order valence-electron chi connectivity index (χ3n) is 4.94. The highest BCUT2D eigenvalue weighted by atomic mass is 32.2. The third kappa shape index (κ3) is 4.70. The minimum atomic E-state index is -0.545. The van der Waals surface area contributed by atoms with Gasteiger partial charge in [0.1, 0.15) is 0 Å². The van der Waals surface area contributed by atoms with Crippen molar-refractivity contribution >= 4 is 51.1 Å². The molecule has 0 fully saturated rings. The lowest BCUT2D eigenvalue weighted by atomic mass is 10.1. The Morgan fingerprint density at radius 1 is 1.18 bits per heavy atom. The Bertz CT molecular complexity index is 1390. The van der Waals surface area contributed by atoms with Gasteiger partial charge in [-0.1, -0.05) is 36.0 Å². The average molecular weight is 493 g/mol. The van der Waals surface area contributed by atoms with Crippen molar-refractivity contribution in [2.24, 2.45) is 5.10 Å². The number of carbonyl (C=O) groups excluding carboxylic acids is 1. The lowest BCUT2D eigenvalue weighted by Gasteiger charge is -2.03. The van der Waals surface area contributed by atoms with E-state index in [1.807, 2.05) is 30.3 Å². The standard InChI is InChI=1S/C23H16N4O5S2/c28-22(26-24-11-16-9-19-20(32-13-31-19)10-18(16)27(29)30)15-7-5-14(6-8-15)12-33-23-25-17-3-1-2-4-21(17)34-23/h1-11H,12-13H2,(H,26,28)/b24-11-. The van der Waals surface area contributed by atoms with E-state index in [0.717, 1.165) is 25.9 Å². The number of nitrogens with zero attached hydrogens (tertiary/aromatic N) is 3. The number of carbonyl (C=O) groups is 1. The predicted octanol–water partition coefficient (Wildman–Crippen LogP) is 4.99. The van der Waals surface area contributed by atoms with Crippen LogP contribution in [0.4, 0.5) is 5.69 Å². The molecule has 1 aliphatic heterocycles. The van der Waals surface area contributed by atoms with Crippen LogP contribution in [0.25, 0.3) is 10.2 Å². The average Bonchev–Trinajstić information content (AvgIpc) is 3.48. The minimum Gasteiger partial charge on any atom is -0.454 e. The second-order valence-electron chi connectivity index (χ2n) is 7.15. The Morgan fingerprint density at radius 3 is 2.71 bits per heavy atom. The first-order chi connectivity index (χ1) is 16.6. The van der Waals surface area contributed by atoms with Gasteiger partial charge in [0.2, 0.25) is 6.79 Å². The summed E-state index contributed by atoms with van der Waals surface area (Å²) in [4.78, 5) is 27.8. The van der Waals surface area contributed by atoms with Gasteiger partial charge in [-0.2, -0.15) is 5.10 Å². The van der Waals surface area contributed by atoms with Crippen LogP contribution in [-0.2, 0) is 5.75 Å². The van der Waals surface area contributed by atoms with E-state index >= 15 is 0 Å². The summed E-state index contributed by atoms with van der Waals surface area (Å²) in [6.07, 6.45) is 1.21. The SMILES string of the molecule is O=C(N/N=C\c1cc2c(cc1[N+](=O)[O-])OCO2)c1ccc(CSc2nc3ccccc3s2)cc1. The number of hydrogen-bond donors (Lipinski definition) is 1. The first-order valence-electron chi connectivity index (χ1n) is 10.1. The number of hydrogen-bond acceptors (Lipinski definition) is 9. The van der Waals surface area contributed by atoms with E-state index < -0.39 is 10.8 Å². The molecule has 1 aromatic heterocycles. The summed E-state index contributed by atoms with van der Waals surface area (Å²) in [5.41, 5.74) is 4.86. The second kappa shape index (κ2) is 9.49. The summed E-state index contributed by atoms with van der Waals surface area (Å²) in [6, 6.07) is 17.9. The molecule has 34 heavy (non-hydrogen) atoms. The van der Waals surface area contributed by atoms with Crippen LogP contribution in [0.1, 0.15) is 21.5 Å². The zero-order valence-electron chi connectivity index (χ0n) is 17.5. The lowest BCUT2D eigenvalue weighted by Crippen LogP contribution is -2.17. The summed E-state index contributed by atoms with van der Waals surface area (Å²) in [7, 11) is 0. The molecule has 3 aromatic carbocycles. The van der Waals surface area contributed by atoms with Gasteiger partial charge >= 0.3 is 0 Å². The number of para-hydroxylation sites is 1. The van der Waals surface area contributed by atoms with Crippen LogP contribution in [0.3, 0.4) is 0 Å². The van der Waals surface area contributed by atoms with Gasteiger partial charge in [0.15, 0.2) is 15.8 Å². The summed E-state index contributed by atoms with van der Waals surface area (Å²) in [6.45, 7) is -0.00107. The molecule has 0 saturated carbocycles. The van der Waals surface area contributed by atoms with E-state index in [1.165, 1.54) is 18.3 Å². The van der Waals surface area contributed by atoms with Crippen LogP contribution in [0.15, 0.2) is 70.1 Å². The number of hydrazone groups is 1. The number of ether oxygens (including phenoxy) is 2. The van der Waals surface area contributed by atoms with Crippen molar-refractivity contribution in [3.05, 3.63) is 87.5 Å². The molecule has 5 rings (SSSR count). The van der Waals surface area contributed by atoms with Gasteiger partial charge in [-0.15, -0.1) is 11.3 Å². The summed E-state index contributed by atoms with van der Waals surface area (Å²) in [5, 5.41) is 15.2. The summed E-state index contributed by atoms with van der Waals surface area (Å²) < 4.78 is 12.6. The van der Waals surface area contributed by atoms with E-state index in [-0.39, 0.29) is 18.0 Å². The van der Waals surface area contributed by atoms with Crippen molar-refractivity contribution in [3.8, 4) is 11.5 Å². The highest BCUT2D eigenvalue weighted by molar-refractivity contribution is 8.00. The van der Waals surface area contributed by atoms with Crippen LogP contribution in [0.5, 0.6) is 11.5 Å². The number of nitrogens with one attached hydrogen (secondary N) is 1. The van der Waals surface area contributed by atoms with Gasteiger partial charge in [-0.3, -0.25) is 14.9 Å². The Labute approximate surface area is 201 Å². The van der Waals surface area contributed by atoms with E-state index in [4.69, 9.17) is 9.47 Å². The smallest absolute Gasteiger partial charge is 0.282 e. The number of aromatic nitrogens is 1. The number of nitro benzene ring substituents is 1. The fraction of sp³-hybridized carbons (Fsp3) is 0.0870. The molecule has 4 aromatic rings. The van der Waals surface area contributed by atoms with Crippen LogP contribution in [0.2, 0.25) is 0 Å². The number of nitro groups is 1. The zero-order valence-corrected chi connectivity index (χ0v) is 19.1. The Kier molecular flexibility index (Phi) is 6.11. The van der Waals surface area contributed by atoms with E-state index in [9.17, 15) is 14.9 Å². The van der Waals surface area contributed by atoms with E-state index in [2.05, 4.69) is 21.6 Å². The third-order valence-corrected chi connectivity index (χ3v) is 7.19. The van der Waals surface area contributed by atoms with Crippen LogP contribution in [-0.4, -0.2) is 28.8 Å². The fourth-order valence-electron chi connectivity index (χ4n) is 3.24. The molecule has 0 aliphatic carbocycles. The molecule has 0 radical (unpaired) electrons. The van der Waals surface area contributed by atoms with E-state index in [1.54, 1.807) is 35.2 Å². The molecule has 0 saturated heterocycles. The van der Waals surface area contributed by atoms with E-state index in [0.29, 0.717) is 17.1 Å². The largest absolute Gasteiger partial charge is 0.454 e. The van der Waals surface area contributed by atoms with Crippen molar-refractivity contribution in [3.63, 3.8) is 0 Å². The number of benzene rings is 3. The number of thiazole rings is 1. The Hall–Kier alpha value is -3.96. The number of fused-ring (bicyclic) bond motifs is 2. The zero-order chi connectivity index (χ0) is 23.5. The maximum atomic E-state index is 12.4. The molecular weight excluding hydrogens is 476 g/mol. The van der Waals surface area contributed by atoms with Crippen LogP contribution >= 0.6 is 23.1 Å². The Balaban J connectivity index is 1.20. The normalized spacial score (nSPS) is 12.4. The first-order valence-corrected chi connectivity index (χ1v) is 11.9. The molecule has 0 unspecified atom stereocenters. The van der Waals surface area contributed by atoms with Crippen molar-refractivity contribution in [1.82, 2.24) is 10.4 Å². The topological polar surface area (TPSA) is 116 Å². The van der Waals surface area contributed by atoms with Gasteiger partial charge < -0.3 is 9.47 Å². The molecule has 1 amide bonds. The van der Waals surface area contributed by atoms with Gasteiger partial charge in [0, 0.05) is 11.3 Å². The molecule has 0 spiro atoms. The molecule has 170 valence electrons. The highest BCUT2D eigenvalue weighted by Crippen LogP contribution is 2.37. The molecule has 0 bridgehead atoms. The second-order valence-corrected chi connectivity index (χ2v) is 9.41.